The maximum absolute atomic E-state index is 11.3. The highest BCUT2D eigenvalue weighted by atomic mass is 16.1. The summed E-state index contributed by atoms with van der Waals surface area (Å²) in [5.74, 6) is 0.0106. The summed E-state index contributed by atoms with van der Waals surface area (Å²) in [4.78, 5) is 15.5. The molecule has 0 unspecified atom stereocenters. The molecule has 0 spiro atoms. The Bertz CT molecular complexity index is 347. The highest BCUT2D eigenvalue weighted by Gasteiger charge is 2.16. The van der Waals surface area contributed by atoms with Gasteiger partial charge in [-0.1, -0.05) is 6.92 Å². The van der Waals surface area contributed by atoms with Crippen molar-refractivity contribution in [3.63, 3.8) is 0 Å². The first-order valence-electron chi connectivity index (χ1n) is 4.57. The molecule has 0 aliphatic carbocycles. The van der Waals surface area contributed by atoms with Crippen LogP contribution in [0.15, 0.2) is 12.3 Å². The number of carbonyl (C=O) groups is 1. The third kappa shape index (κ3) is 1.41. The van der Waals surface area contributed by atoms with Crippen LogP contribution in [0.3, 0.4) is 0 Å². The molecule has 68 valence electrons. The van der Waals surface area contributed by atoms with Gasteiger partial charge in [0.1, 0.15) is 0 Å². The van der Waals surface area contributed by atoms with Gasteiger partial charge in [-0.3, -0.25) is 9.78 Å². The quantitative estimate of drug-likeness (QED) is 0.691. The normalized spacial score (nSPS) is 15.0. The summed E-state index contributed by atoms with van der Waals surface area (Å²) in [5, 5.41) is 2.80. The van der Waals surface area contributed by atoms with Crippen molar-refractivity contribution in [3.05, 3.63) is 29.1 Å². The highest BCUT2D eigenvalue weighted by molar-refractivity contribution is 5.96. The van der Waals surface area contributed by atoms with Crippen molar-refractivity contribution in [2.75, 3.05) is 6.54 Å². The molecule has 0 fully saturated rings. The summed E-state index contributed by atoms with van der Waals surface area (Å²) >= 11 is 0. The van der Waals surface area contributed by atoms with Crippen LogP contribution in [0.1, 0.15) is 28.5 Å². The molecule has 0 atom stereocenters. The van der Waals surface area contributed by atoms with E-state index in [0.29, 0.717) is 0 Å². The third-order valence-electron chi connectivity index (χ3n) is 2.33. The zero-order valence-electron chi connectivity index (χ0n) is 7.63. The fourth-order valence-electron chi connectivity index (χ4n) is 1.56. The van der Waals surface area contributed by atoms with E-state index in [1.54, 1.807) is 6.20 Å². The van der Waals surface area contributed by atoms with Gasteiger partial charge in [-0.2, -0.15) is 0 Å². The third-order valence-corrected chi connectivity index (χ3v) is 2.33. The highest BCUT2D eigenvalue weighted by Crippen LogP contribution is 2.13. The number of nitrogens with zero attached hydrogens (tertiary/aromatic N) is 1. The zero-order chi connectivity index (χ0) is 9.26. The molecule has 1 aliphatic heterocycles. The van der Waals surface area contributed by atoms with Gasteiger partial charge in [-0.05, 0) is 24.5 Å². The lowest BCUT2D eigenvalue weighted by molar-refractivity contribution is 0.0945. The number of fused-ring (bicyclic) bond motifs is 1. The largest absolute Gasteiger partial charge is 0.352 e. The minimum absolute atomic E-state index is 0.0106. The van der Waals surface area contributed by atoms with Crippen LogP contribution in [-0.2, 0) is 12.8 Å². The lowest BCUT2D eigenvalue weighted by Gasteiger charge is -2.16. The first kappa shape index (κ1) is 8.23. The van der Waals surface area contributed by atoms with Gasteiger partial charge in [-0.15, -0.1) is 0 Å². The molecule has 0 saturated heterocycles. The topological polar surface area (TPSA) is 42.0 Å². The van der Waals surface area contributed by atoms with Crippen molar-refractivity contribution in [2.45, 2.75) is 19.8 Å². The molecule has 0 aromatic carbocycles. The van der Waals surface area contributed by atoms with E-state index in [0.717, 1.165) is 36.2 Å². The smallest absolute Gasteiger partial charge is 0.253 e. The van der Waals surface area contributed by atoms with Crippen LogP contribution >= 0.6 is 0 Å². The van der Waals surface area contributed by atoms with Crippen LogP contribution in [0.25, 0.3) is 0 Å². The second-order valence-electron chi connectivity index (χ2n) is 3.19. The summed E-state index contributed by atoms with van der Waals surface area (Å²) in [5.41, 5.74) is 2.94. The molecule has 0 bridgehead atoms. The van der Waals surface area contributed by atoms with E-state index in [9.17, 15) is 4.79 Å². The van der Waals surface area contributed by atoms with E-state index in [4.69, 9.17) is 0 Å². The molecular formula is C10H12N2O. The van der Waals surface area contributed by atoms with Crippen molar-refractivity contribution in [1.82, 2.24) is 10.3 Å². The van der Waals surface area contributed by atoms with Crippen LogP contribution in [-0.4, -0.2) is 17.4 Å². The molecule has 2 rings (SSSR count). The van der Waals surface area contributed by atoms with Crippen molar-refractivity contribution in [3.8, 4) is 0 Å². The molecule has 0 saturated carbocycles. The molecule has 2 heterocycles. The van der Waals surface area contributed by atoms with Crippen LogP contribution in [0, 0.1) is 0 Å². The Morgan fingerprint density at radius 2 is 2.46 bits per heavy atom. The number of rotatable bonds is 1. The molecule has 1 aliphatic rings. The van der Waals surface area contributed by atoms with Gasteiger partial charge in [0.15, 0.2) is 0 Å². The fraction of sp³-hybridized carbons (Fsp3) is 0.400. The number of aryl methyl sites for hydroxylation is 1. The van der Waals surface area contributed by atoms with Crippen LogP contribution in [0.4, 0.5) is 0 Å². The predicted octanol–water partition coefficient (Wildman–Crippen LogP) is 0.930. The summed E-state index contributed by atoms with van der Waals surface area (Å²) < 4.78 is 0. The first-order chi connectivity index (χ1) is 6.31. The van der Waals surface area contributed by atoms with E-state index >= 15 is 0 Å². The van der Waals surface area contributed by atoms with E-state index in [1.165, 1.54) is 0 Å². The Morgan fingerprint density at radius 3 is 3.23 bits per heavy atom. The van der Waals surface area contributed by atoms with Gasteiger partial charge in [0.25, 0.3) is 5.91 Å². The fourth-order valence-corrected chi connectivity index (χ4v) is 1.56. The number of carbonyl (C=O) groups excluding carboxylic acids is 1. The SMILES string of the molecule is CCc1cc2c(cn1)C(=O)NCC2. The Labute approximate surface area is 77.2 Å². The van der Waals surface area contributed by atoms with Crippen molar-refractivity contribution in [1.29, 1.82) is 0 Å². The molecule has 13 heavy (non-hydrogen) atoms. The van der Waals surface area contributed by atoms with Gasteiger partial charge in [0.05, 0.1) is 5.56 Å². The van der Waals surface area contributed by atoms with Crippen LogP contribution in [0.2, 0.25) is 0 Å². The molecule has 1 aromatic rings. The summed E-state index contributed by atoms with van der Waals surface area (Å²) in [6, 6.07) is 2.04. The second kappa shape index (κ2) is 3.17. The van der Waals surface area contributed by atoms with Gasteiger partial charge in [0.2, 0.25) is 0 Å². The minimum Gasteiger partial charge on any atom is -0.352 e. The zero-order valence-corrected chi connectivity index (χ0v) is 7.63. The minimum atomic E-state index is 0.0106. The predicted molar refractivity (Wildman–Crippen MR) is 49.7 cm³/mol. The Morgan fingerprint density at radius 1 is 1.62 bits per heavy atom. The lowest BCUT2D eigenvalue weighted by Crippen LogP contribution is -2.32. The number of hydrogen-bond donors (Lipinski definition) is 1. The van der Waals surface area contributed by atoms with Gasteiger partial charge in [-0.25, -0.2) is 0 Å². The number of hydrogen-bond acceptors (Lipinski definition) is 2. The molecule has 1 aromatic heterocycles. The number of pyridine rings is 1. The summed E-state index contributed by atoms with van der Waals surface area (Å²) in [6.07, 6.45) is 3.54. The maximum Gasteiger partial charge on any atom is 0.253 e. The number of nitrogens with one attached hydrogen (secondary N) is 1. The average molecular weight is 176 g/mol. The Kier molecular flexibility index (Phi) is 2.00. The van der Waals surface area contributed by atoms with Gasteiger partial charge in [0, 0.05) is 18.4 Å². The van der Waals surface area contributed by atoms with Crippen LogP contribution in [0.5, 0.6) is 0 Å². The molecule has 1 N–H and O–H groups in total. The summed E-state index contributed by atoms with van der Waals surface area (Å²) in [7, 11) is 0. The number of amides is 1. The Balaban J connectivity index is 2.45. The molecule has 3 nitrogen and oxygen atoms in total. The first-order valence-corrected chi connectivity index (χ1v) is 4.57. The molecule has 0 radical (unpaired) electrons. The lowest BCUT2D eigenvalue weighted by atomic mass is 10.0. The molecule has 1 amide bonds. The van der Waals surface area contributed by atoms with E-state index < -0.39 is 0 Å². The standard InChI is InChI=1S/C10H12N2O/c1-2-8-5-7-3-4-11-10(13)9(7)6-12-8/h5-6H,2-4H2,1H3,(H,11,13). The molecular weight excluding hydrogens is 164 g/mol. The maximum atomic E-state index is 11.3. The van der Waals surface area contributed by atoms with E-state index in [-0.39, 0.29) is 5.91 Å². The number of aromatic nitrogens is 1. The van der Waals surface area contributed by atoms with Crippen molar-refractivity contribution < 1.29 is 4.79 Å². The van der Waals surface area contributed by atoms with Crippen molar-refractivity contribution in [2.24, 2.45) is 0 Å². The van der Waals surface area contributed by atoms with Gasteiger partial charge >= 0.3 is 0 Å². The second-order valence-corrected chi connectivity index (χ2v) is 3.19. The van der Waals surface area contributed by atoms with Gasteiger partial charge < -0.3 is 5.32 Å². The molecule has 3 heteroatoms. The summed E-state index contributed by atoms with van der Waals surface area (Å²) in [6.45, 7) is 2.82. The van der Waals surface area contributed by atoms with Crippen LogP contribution < -0.4 is 5.32 Å². The van der Waals surface area contributed by atoms with E-state index in [1.807, 2.05) is 6.07 Å². The van der Waals surface area contributed by atoms with Crippen molar-refractivity contribution >= 4 is 5.91 Å². The average Bonchev–Trinajstić information content (AvgIpc) is 2.18. The van der Waals surface area contributed by atoms with E-state index in [2.05, 4.69) is 17.2 Å². The Hall–Kier alpha value is -1.38. The monoisotopic (exact) mass is 176 g/mol.